The zero-order chi connectivity index (χ0) is 10.6. The van der Waals surface area contributed by atoms with Gasteiger partial charge in [-0.25, -0.2) is 0 Å². The van der Waals surface area contributed by atoms with Gasteiger partial charge in [0.25, 0.3) is 0 Å². The Balaban J connectivity index is 2.36. The van der Waals surface area contributed by atoms with Crippen molar-refractivity contribution in [3.8, 4) is 0 Å². The fourth-order valence-corrected chi connectivity index (χ4v) is 2.37. The Hall–Kier alpha value is -0.570. The van der Waals surface area contributed by atoms with Gasteiger partial charge < -0.3 is 10.2 Å². The van der Waals surface area contributed by atoms with E-state index >= 15 is 0 Å². The highest BCUT2D eigenvalue weighted by atomic mass is 16.4. The Morgan fingerprint density at radius 3 is 2.43 bits per heavy atom. The van der Waals surface area contributed by atoms with E-state index in [0.717, 1.165) is 12.8 Å². The summed E-state index contributed by atoms with van der Waals surface area (Å²) in [5, 5.41) is 18.6. The number of aliphatic hydroxyl groups is 1. The Morgan fingerprint density at radius 2 is 2.00 bits per heavy atom. The van der Waals surface area contributed by atoms with Crippen molar-refractivity contribution >= 4 is 5.97 Å². The van der Waals surface area contributed by atoms with Crippen LogP contribution < -0.4 is 0 Å². The van der Waals surface area contributed by atoms with E-state index in [-0.39, 0.29) is 6.42 Å². The van der Waals surface area contributed by atoms with E-state index in [4.69, 9.17) is 5.11 Å². The van der Waals surface area contributed by atoms with Crippen molar-refractivity contribution in [2.75, 3.05) is 0 Å². The van der Waals surface area contributed by atoms with Crippen LogP contribution in [0.5, 0.6) is 0 Å². The summed E-state index contributed by atoms with van der Waals surface area (Å²) in [5.41, 5.74) is -0.921. The molecule has 0 aliphatic heterocycles. The van der Waals surface area contributed by atoms with E-state index in [1.54, 1.807) is 0 Å². The van der Waals surface area contributed by atoms with Crippen molar-refractivity contribution in [1.29, 1.82) is 0 Å². The van der Waals surface area contributed by atoms with E-state index in [1.165, 1.54) is 12.8 Å². The molecule has 0 unspecified atom stereocenters. The van der Waals surface area contributed by atoms with Gasteiger partial charge in [-0.3, -0.25) is 4.79 Å². The van der Waals surface area contributed by atoms with Crippen LogP contribution in [0.2, 0.25) is 0 Å². The average molecular weight is 200 g/mol. The van der Waals surface area contributed by atoms with Crippen molar-refractivity contribution in [2.45, 2.75) is 57.5 Å². The number of carboxylic acids is 1. The van der Waals surface area contributed by atoms with Crippen molar-refractivity contribution in [3.63, 3.8) is 0 Å². The van der Waals surface area contributed by atoms with Crippen LogP contribution in [-0.4, -0.2) is 21.8 Å². The number of carbonyl (C=O) groups is 1. The molecular formula is C11H20O3. The summed E-state index contributed by atoms with van der Waals surface area (Å²) >= 11 is 0. The van der Waals surface area contributed by atoms with Gasteiger partial charge in [-0.1, -0.05) is 19.8 Å². The minimum absolute atomic E-state index is 0.0914. The highest BCUT2D eigenvalue weighted by Crippen LogP contribution is 2.36. The van der Waals surface area contributed by atoms with Crippen molar-refractivity contribution in [2.24, 2.45) is 5.92 Å². The molecule has 3 heteroatoms. The second-order valence-electron chi connectivity index (χ2n) is 4.53. The zero-order valence-corrected chi connectivity index (χ0v) is 8.83. The van der Waals surface area contributed by atoms with Gasteiger partial charge in [0, 0.05) is 0 Å². The third-order valence-corrected chi connectivity index (χ3v) is 3.21. The topological polar surface area (TPSA) is 57.5 Å². The maximum Gasteiger partial charge on any atom is 0.306 e. The molecule has 2 N–H and O–H groups in total. The summed E-state index contributed by atoms with van der Waals surface area (Å²) in [6, 6.07) is 0. The Bertz CT molecular complexity index is 193. The normalized spacial score (nSPS) is 32.9. The summed E-state index contributed by atoms with van der Waals surface area (Å²) in [5.74, 6) is -0.185. The molecule has 0 bridgehead atoms. The van der Waals surface area contributed by atoms with Gasteiger partial charge in [0.2, 0.25) is 0 Å². The highest BCUT2D eigenvalue weighted by molar-refractivity contribution is 5.68. The summed E-state index contributed by atoms with van der Waals surface area (Å²) < 4.78 is 0. The molecule has 1 fully saturated rings. The third-order valence-electron chi connectivity index (χ3n) is 3.21. The van der Waals surface area contributed by atoms with Gasteiger partial charge in [0.15, 0.2) is 0 Å². The van der Waals surface area contributed by atoms with Crippen LogP contribution in [0.4, 0.5) is 0 Å². The third kappa shape index (κ3) is 3.29. The molecule has 0 heterocycles. The minimum atomic E-state index is -0.921. The fraction of sp³-hybridized carbons (Fsp3) is 0.909. The first-order valence-corrected chi connectivity index (χ1v) is 5.50. The molecule has 0 amide bonds. The van der Waals surface area contributed by atoms with E-state index in [2.05, 4.69) is 6.92 Å². The first-order chi connectivity index (χ1) is 6.56. The summed E-state index contributed by atoms with van der Waals surface area (Å²) in [4.78, 5) is 10.5. The number of carboxylic acid groups (broad SMARTS) is 1. The first-order valence-electron chi connectivity index (χ1n) is 5.50. The standard InChI is InChI=1S/C11H20O3/c1-2-3-9-4-6-11(14,7-5-9)8-10(12)13/h9,14H,2-8H2,1H3,(H,12,13). The SMILES string of the molecule is CCCC1CCC(O)(CC(=O)O)CC1. The molecule has 1 aliphatic rings. The van der Waals surface area contributed by atoms with Crippen LogP contribution >= 0.6 is 0 Å². The minimum Gasteiger partial charge on any atom is -0.481 e. The quantitative estimate of drug-likeness (QED) is 0.731. The summed E-state index contributed by atoms with van der Waals surface area (Å²) in [6.45, 7) is 2.16. The Morgan fingerprint density at radius 1 is 1.43 bits per heavy atom. The monoisotopic (exact) mass is 200 g/mol. The van der Waals surface area contributed by atoms with Gasteiger partial charge in [-0.2, -0.15) is 0 Å². The van der Waals surface area contributed by atoms with Crippen LogP contribution in [0.15, 0.2) is 0 Å². The van der Waals surface area contributed by atoms with Gasteiger partial charge in [0.05, 0.1) is 12.0 Å². The van der Waals surface area contributed by atoms with Gasteiger partial charge >= 0.3 is 5.97 Å². The lowest BCUT2D eigenvalue weighted by molar-refractivity contribution is -0.144. The predicted molar refractivity (Wildman–Crippen MR) is 54.1 cm³/mol. The van der Waals surface area contributed by atoms with E-state index in [1.807, 2.05) is 0 Å². The Kier molecular flexibility index (Phi) is 3.93. The number of hydrogen-bond donors (Lipinski definition) is 2. The number of rotatable bonds is 4. The van der Waals surface area contributed by atoms with E-state index < -0.39 is 11.6 Å². The van der Waals surface area contributed by atoms with E-state index in [9.17, 15) is 9.90 Å². The lowest BCUT2D eigenvalue weighted by atomic mass is 9.76. The van der Waals surface area contributed by atoms with Gasteiger partial charge in [0.1, 0.15) is 0 Å². The lowest BCUT2D eigenvalue weighted by Crippen LogP contribution is -2.36. The maximum absolute atomic E-state index is 10.5. The molecule has 1 aliphatic carbocycles. The molecule has 1 saturated carbocycles. The molecule has 0 saturated heterocycles. The number of aliphatic carboxylic acids is 1. The molecule has 0 atom stereocenters. The second-order valence-corrected chi connectivity index (χ2v) is 4.53. The molecule has 0 aromatic rings. The molecular weight excluding hydrogens is 180 g/mol. The van der Waals surface area contributed by atoms with Gasteiger partial charge in [-0.05, 0) is 31.6 Å². The molecule has 82 valence electrons. The summed E-state index contributed by atoms with van der Waals surface area (Å²) in [7, 11) is 0. The van der Waals surface area contributed by atoms with Crippen LogP contribution in [0.25, 0.3) is 0 Å². The fourth-order valence-electron chi connectivity index (χ4n) is 2.37. The van der Waals surface area contributed by atoms with Crippen LogP contribution in [0, 0.1) is 5.92 Å². The molecule has 0 aromatic carbocycles. The maximum atomic E-state index is 10.5. The van der Waals surface area contributed by atoms with Crippen molar-refractivity contribution < 1.29 is 15.0 Å². The zero-order valence-electron chi connectivity index (χ0n) is 8.83. The first kappa shape index (κ1) is 11.5. The van der Waals surface area contributed by atoms with Crippen LogP contribution in [0.3, 0.4) is 0 Å². The largest absolute Gasteiger partial charge is 0.481 e. The van der Waals surface area contributed by atoms with Crippen LogP contribution in [-0.2, 0) is 4.79 Å². The molecule has 0 spiro atoms. The van der Waals surface area contributed by atoms with Crippen LogP contribution in [0.1, 0.15) is 51.9 Å². The molecule has 0 aromatic heterocycles. The average Bonchev–Trinajstić information content (AvgIpc) is 2.08. The van der Waals surface area contributed by atoms with Crippen molar-refractivity contribution in [1.82, 2.24) is 0 Å². The molecule has 14 heavy (non-hydrogen) atoms. The highest BCUT2D eigenvalue weighted by Gasteiger charge is 2.34. The molecule has 3 nitrogen and oxygen atoms in total. The molecule has 1 rings (SSSR count). The summed E-state index contributed by atoms with van der Waals surface area (Å²) in [6.07, 6.45) is 5.58. The number of hydrogen-bond acceptors (Lipinski definition) is 2. The second kappa shape index (κ2) is 4.78. The smallest absolute Gasteiger partial charge is 0.306 e. The Labute approximate surface area is 85.1 Å². The predicted octanol–water partition coefficient (Wildman–Crippen LogP) is 2.18. The van der Waals surface area contributed by atoms with Gasteiger partial charge in [-0.15, -0.1) is 0 Å². The van der Waals surface area contributed by atoms with E-state index in [0.29, 0.717) is 18.8 Å². The molecule has 0 radical (unpaired) electrons. The van der Waals surface area contributed by atoms with Crippen molar-refractivity contribution in [3.05, 3.63) is 0 Å². The lowest BCUT2D eigenvalue weighted by Gasteiger charge is -2.34.